The van der Waals surface area contributed by atoms with Crippen LogP contribution in [0, 0.1) is 5.41 Å². The van der Waals surface area contributed by atoms with Gasteiger partial charge in [0.2, 0.25) is 0 Å². The molecule has 12 nitrogen and oxygen atoms in total. The molecule has 3 atom stereocenters. The highest BCUT2D eigenvalue weighted by Crippen LogP contribution is 2.41. The summed E-state index contributed by atoms with van der Waals surface area (Å²) in [5.41, 5.74) is 5.34. The number of amides is 2. The molecule has 2 fully saturated rings. The number of nitrogen functional groups attached to an aromatic ring is 1. The van der Waals surface area contributed by atoms with E-state index in [4.69, 9.17) is 22.7 Å². The Balaban J connectivity index is 1.42. The van der Waals surface area contributed by atoms with Crippen molar-refractivity contribution in [3.05, 3.63) is 32.8 Å². The van der Waals surface area contributed by atoms with E-state index in [-0.39, 0.29) is 26.9 Å². The van der Waals surface area contributed by atoms with Crippen LogP contribution in [0.25, 0.3) is 0 Å². The number of carbonyl (C=O) groups excluding carboxylic acids is 2. The second-order valence-electron chi connectivity index (χ2n) is 8.37. The van der Waals surface area contributed by atoms with E-state index in [0.29, 0.717) is 17.2 Å². The van der Waals surface area contributed by atoms with E-state index in [1.165, 1.54) is 23.5 Å². The molecule has 16 heteroatoms. The topological polar surface area (TPSA) is 185 Å². The zero-order chi connectivity index (χ0) is 26.9. The Morgan fingerprint density at radius 2 is 2.22 bits per heavy atom. The van der Waals surface area contributed by atoms with Crippen molar-refractivity contribution in [2.24, 2.45) is 5.16 Å². The van der Waals surface area contributed by atoms with Gasteiger partial charge in [0.1, 0.15) is 27.1 Å². The van der Waals surface area contributed by atoms with Crippen LogP contribution >= 0.6 is 46.5 Å². The van der Waals surface area contributed by atoms with Crippen molar-refractivity contribution in [3.63, 3.8) is 0 Å². The SMILES string of the molecule is CC(=N)N1CCC[C@H]1CSC=CC1=C(C(=O)O)N2C(=O)[C@@H](NC(=O)/C(=N\O)c3nc(N)sc3Cl)[C@H]2SC1. The number of anilines is 1. The van der Waals surface area contributed by atoms with Gasteiger partial charge in [-0.3, -0.25) is 19.9 Å². The first-order chi connectivity index (χ1) is 17.6. The van der Waals surface area contributed by atoms with Gasteiger partial charge in [0.25, 0.3) is 11.8 Å². The lowest BCUT2D eigenvalue weighted by Crippen LogP contribution is -2.71. The average molecular weight is 586 g/mol. The van der Waals surface area contributed by atoms with Crippen LogP contribution in [0.1, 0.15) is 25.5 Å². The number of aromatic nitrogens is 1. The van der Waals surface area contributed by atoms with E-state index >= 15 is 0 Å². The molecule has 0 aliphatic carbocycles. The molecule has 0 saturated carbocycles. The number of nitrogens with two attached hydrogens (primary N) is 1. The number of amidine groups is 1. The van der Waals surface area contributed by atoms with Gasteiger partial charge in [-0.2, -0.15) is 0 Å². The van der Waals surface area contributed by atoms with Crippen LogP contribution < -0.4 is 11.1 Å². The van der Waals surface area contributed by atoms with Crippen LogP contribution in [0.15, 0.2) is 27.9 Å². The largest absolute Gasteiger partial charge is 0.477 e. The number of hydrogen-bond donors (Lipinski definition) is 5. The lowest BCUT2D eigenvalue weighted by molar-refractivity contribution is -0.150. The highest BCUT2D eigenvalue weighted by atomic mass is 35.5. The van der Waals surface area contributed by atoms with E-state index in [9.17, 15) is 24.7 Å². The van der Waals surface area contributed by atoms with E-state index < -0.39 is 34.9 Å². The molecule has 3 aliphatic heterocycles. The zero-order valence-electron chi connectivity index (χ0n) is 19.5. The van der Waals surface area contributed by atoms with Gasteiger partial charge < -0.3 is 26.3 Å². The number of aliphatic carboxylic acids is 1. The summed E-state index contributed by atoms with van der Waals surface area (Å²) < 4.78 is 0.0491. The summed E-state index contributed by atoms with van der Waals surface area (Å²) in [4.78, 5) is 44.8. The van der Waals surface area contributed by atoms with Gasteiger partial charge >= 0.3 is 5.97 Å². The minimum atomic E-state index is -1.24. The normalized spacial score (nSPS) is 23.9. The van der Waals surface area contributed by atoms with Crippen LogP contribution in [-0.4, -0.2) is 89.9 Å². The fourth-order valence-corrected chi connectivity index (χ4v) is 7.58. The average Bonchev–Trinajstić information content (AvgIpc) is 3.45. The van der Waals surface area contributed by atoms with Crippen LogP contribution in [0.5, 0.6) is 0 Å². The van der Waals surface area contributed by atoms with Crippen LogP contribution in [0.3, 0.4) is 0 Å². The monoisotopic (exact) mass is 585 g/mol. The molecule has 3 aliphatic rings. The van der Waals surface area contributed by atoms with Crippen LogP contribution in [-0.2, 0) is 14.4 Å². The van der Waals surface area contributed by atoms with E-state index in [1.807, 2.05) is 5.41 Å². The predicted octanol–water partition coefficient (Wildman–Crippen LogP) is 2.00. The Kier molecular flexibility index (Phi) is 8.36. The number of β-lactam (4-membered cyclic amide) rings is 1. The summed E-state index contributed by atoms with van der Waals surface area (Å²) in [6.07, 6.45) is 3.76. The minimum absolute atomic E-state index is 0.0491. The molecule has 1 aromatic heterocycles. The quantitative estimate of drug-likeness (QED) is 0.0993. The van der Waals surface area contributed by atoms with Crippen molar-refractivity contribution in [2.75, 3.05) is 23.8 Å². The van der Waals surface area contributed by atoms with Crippen molar-refractivity contribution in [1.82, 2.24) is 20.1 Å². The molecule has 37 heavy (non-hydrogen) atoms. The predicted molar refractivity (Wildman–Crippen MR) is 144 cm³/mol. The number of carbonyl (C=O) groups is 3. The molecule has 4 heterocycles. The van der Waals surface area contributed by atoms with Crippen LogP contribution in [0.4, 0.5) is 5.13 Å². The summed E-state index contributed by atoms with van der Waals surface area (Å²) >= 11 is 9.75. The van der Waals surface area contributed by atoms with Gasteiger partial charge in [-0.1, -0.05) is 28.1 Å². The number of nitrogens with one attached hydrogen (secondary N) is 2. The van der Waals surface area contributed by atoms with Crippen molar-refractivity contribution in [3.8, 4) is 0 Å². The molecule has 198 valence electrons. The van der Waals surface area contributed by atoms with Gasteiger partial charge in [-0.05, 0) is 36.8 Å². The third kappa shape index (κ3) is 5.44. The zero-order valence-corrected chi connectivity index (χ0v) is 22.7. The number of carboxylic acid groups (broad SMARTS) is 1. The molecular weight excluding hydrogens is 562 g/mol. The summed E-state index contributed by atoms with van der Waals surface area (Å²) in [5.74, 6) is -1.07. The Bertz CT molecular complexity index is 1230. The Labute approximate surface area is 229 Å². The van der Waals surface area contributed by atoms with Crippen molar-refractivity contribution >= 4 is 80.9 Å². The fourth-order valence-electron chi connectivity index (χ4n) is 4.39. The Morgan fingerprint density at radius 3 is 2.84 bits per heavy atom. The summed E-state index contributed by atoms with van der Waals surface area (Å²) in [6, 6.07) is -0.745. The molecule has 1 aromatic rings. The van der Waals surface area contributed by atoms with Crippen molar-refractivity contribution in [1.29, 1.82) is 5.41 Å². The van der Waals surface area contributed by atoms with E-state index in [2.05, 4.69) is 20.4 Å². The molecule has 0 spiro atoms. The maximum atomic E-state index is 12.9. The first-order valence-corrected chi connectivity index (χ1v) is 14.4. The summed E-state index contributed by atoms with van der Waals surface area (Å²) in [7, 11) is 0. The Morgan fingerprint density at radius 1 is 1.46 bits per heavy atom. The van der Waals surface area contributed by atoms with E-state index in [0.717, 1.165) is 41.4 Å². The first-order valence-electron chi connectivity index (χ1n) is 11.1. The lowest BCUT2D eigenvalue weighted by Gasteiger charge is -2.49. The first kappa shape index (κ1) is 27.3. The number of thiazole rings is 1. The van der Waals surface area contributed by atoms with Gasteiger partial charge in [-0.15, -0.1) is 23.5 Å². The Hall–Kier alpha value is -2.75. The van der Waals surface area contributed by atoms with Gasteiger partial charge in [0.15, 0.2) is 10.8 Å². The maximum Gasteiger partial charge on any atom is 0.352 e. The molecule has 0 unspecified atom stereocenters. The molecule has 0 aromatic carbocycles. The minimum Gasteiger partial charge on any atom is -0.477 e. The van der Waals surface area contributed by atoms with Gasteiger partial charge in [0, 0.05) is 24.1 Å². The molecule has 0 radical (unpaired) electrons. The van der Waals surface area contributed by atoms with Crippen molar-refractivity contribution < 1.29 is 24.7 Å². The molecule has 4 rings (SSSR count). The summed E-state index contributed by atoms with van der Waals surface area (Å²) in [6.45, 7) is 2.65. The lowest BCUT2D eigenvalue weighted by atomic mass is 10.0. The highest BCUT2D eigenvalue weighted by Gasteiger charge is 2.54. The number of fused-ring (bicyclic) bond motifs is 1. The molecule has 6 N–H and O–H groups in total. The smallest absolute Gasteiger partial charge is 0.352 e. The number of oxime groups is 1. The third-order valence-electron chi connectivity index (χ3n) is 6.09. The van der Waals surface area contributed by atoms with Crippen molar-refractivity contribution in [2.45, 2.75) is 37.2 Å². The fraction of sp³-hybridized carbons (Fsp3) is 0.429. The molecule has 0 bridgehead atoms. The second kappa shape index (κ2) is 11.3. The molecule has 2 saturated heterocycles. The van der Waals surface area contributed by atoms with E-state index in [1.54, 1.807) is 13.0 Å². The van der Waals surface area contributed by atoms with Gasteiger partial charge in [-0.25, -0.2) is 9.78 Å². The van der Waals surface area contributed by atoms with Crippen LogP contribution in [0.2, 0.25) is 4.34 Å². The summed E-state index contributed by atoms with van der Waals surface area (Å²) in [5, 5.41) is 33.8. The number of rotatable bonds is 8. The molecule has 2 amide bonds. The number of likely N-dealkylation sites (tertiary alicyclic amines) is 1. The molecular formula is C21H24ClN7O5S3. The van der Waals surface area contributed by atoms with Gasteiger partial charge in [0.05, 0.1) is 5.84 Å². The number of halogens is 1. The standard InChI is InChI=1S/C21H24ClN7O5S3/c1-9(23)28-5-2-3-11(28)8-35-6-4-10-7-36-19-14(18(31)29(19)15(10)20(32)33)25-17(30)13(27-34)12-16(22)37-21(24)26-12/h4,6,11,14,19,23,34H,2-3,5,7-8H2,1H3,(H2,24,26)(H,25,30)(H,32,33)/b6-4?,23-9?,27-13-/t11-,14+,19+/m0/s1. The second-order valence-corrected chi connectivity index (χ2v) is 12.1. The third-order valence-corrected chi connectivity index (χ3v) is 9.38. The number of hydrogen-bond acceptors (Lipinski definition) is 11. The highest BCUT2D eigenvalue weighted by molar-refractivity contribution is 8.02. The number of allylic oxidation sites excluding steroid dienone is 1. The maximum absolute atomic E-state index is 12.9. The number of nitrogens with zero attached hydrogens (tertiary/aromatic N) is 4. The number of thioether (sulfide) groups is 2. The number of carboxylic acids is 1.